The Morgan fingerprint density at radius 3 is 2.32 bits per heavy atom. The van der Waals surface area contributed by atoms with Crippen LogP contribution in [0.5, 0.6) is 11.5 Å². The maximum Gasteiger partial charge on any atom is 0.240 e. The van der Waals surface area contributed by atoms with Crippen molar-refractivity contribution in [3.8, 4) is 11.5 Å². The maximum absolute atomic E-state index is 12.8. The van der Waals surface area contributed by atoms with Crippen LogP contribution in [0.25, 0.3) is 0 Å². The summed E-state index contributed by atoms with van der Waals surface area (Å²) in [7, 11) is -3.59. The third-order valence-electron chi connectivity index (χ3n) is 4.94. The smallest absolute Gasteiger partial charge is 0.240 e. The van der Waals surface area contributed by atoms with Crippen molar-refractivity contribution in [2.24, 2.45) is 0 Å². The molecule has 2 unspecified atom stereocenters. The number of para-hydroxylation sites is 1. The second-order valence-electron chi connectivity index (χ2n) is 6.93. The van der Waals surface area contributed by atoms with Crippen LogP contribution in [0.4, 0.5) is 0 Å². The SMILES string of the molecule is O=S(=O)(NC1CCCC(n2cnnc2)C1)c1ccc(Oc2ccccc2)cc1. The standard InChI is InChI=1S/C20H22N4O3S/c25-28(26,23-16-5-4-6-17(13-16)24-14-21-22-15-24)20-11-9-19(10-12-20)27-18-7-2-1-3-8-18/h1-3,7-12,14-17,23H,4-6,13H2. The molecule has 0 amide bonds. The maximum atomic E-state index is 12.8. The molecule has 0 radical (unpaired) electrons. The number of rotatable bonds is 6. The average Bonchev–Trinajstić information content (AvgIpc) is 3.24. The van der Waals surface area contributed by atoms with Crippen LogP contribution < -0.4 is 9.46 Å². The summed E-state index contributed by atoms with van der Waals surface area (Å²) in [4.78, 5) is 0.235. The van der Waals surface area contributed by atoms with Crippen LogP contribution in [0.1, 0.15) is 31.7 Å². The van der Waals surface area contributed by atoms with E-state index < -0.39 is 10.0 Å². The number of aromatic nitrogens is 3. The summed E-state index contributed by atoms with van der Waals surface area (Å²) in [6.07, 6.45) is 6.89. The van der Waals surface area contributed by atoms with Crippen molar-refractivity contribution in [2.75, 3.05) is 0 Å². The minimum absolute atomic E-state index is 0.105. The first-order valence-electron chi connectivity index (χ1n) is 9.29. The zero-order valence-electron chi connectivity index (χ0n) is 15.3. The predicted molar refractivity (Wildman–Crippen MR) is 105 cm³/mol. The van der Waals surface area contributed by atoms with E-state index in [1.54, 1.807) is 36.9 Å². The highest BCUT2D eigenvalue weighted by molar-refractivity contribution is 7.89. The highest BCUT2D eigenvalue weighted by Crippen LogP contribution is 2.29. The van der Waals surface area contributed by atoms with Gasteiger partial charge in [-0.3, -0.25) is 0 Å². The minimum Gasteiger partial charge on any atom is -0.457 e. The number of benzene rings is 2. The monoisotopic (exact) mass is 398 g/mol. The van der Waals surface area contributed by atoms with Gasteiger partial charge in [0.2, 0.25) is 10.0 Å². The van der Waals surface area contributed by atoms with E-state index in [2.05, 4.69) is 14.9 Å². The van der Waals surface area contributed by atoms with Crippen molar-refractivity contribution in [3.05, 3.63) is 67.3 Å². The quantitative estimate of drug-likeness (QED) is 0.686. The molecule has 146 valence electrons. The Hall–Kier alpha value is -2.71. The number of hydrogen-bond donors (Lipinski definition) is 1. The van der Waals surface area contributed by atoms with Crippen LogP contribution in [-0.4, -0.2) is 29.2 Å². The van der Waals surface area contributed by atoms with Gasteiger partial charge in [-0.2, -0.15) is 0 Å². The fraction of sp³-hybridized carbons (Fsp3) is 0.300. The van der Waals surface area contributed by atoms with E-state index in [-0.39, 0.29) is 17.0 Å². The highest BCUT2D eigenvalue weighted by Gasteiger charge is 2.27. The molecule has 0 aliphatic heterocycles. The van der Waals surface area contributed by atoms with Crippen molar-refractivity contribution in [1.82, 2.24) is 19.5 Å². The topological polar surface area (TPSA) is 86.1 Å². The van der Waals surface area contributed by atoms with E-state index in [1.165, 1.54) is 0 Å². The molecule has 7 nitrogen and oxygen atoms in total. The van der Waals surface area contributed by atoms with Crippen molar-refractivity contribution in [2.45, 2.75) is 42.7 Å². The lowest BCUT2D eigenvalue weighted by Crippen LogP contribution is -2.38. The minimum atomic E-state index is -3.59. The molecule has 1 saturated carbocycles. The van der Waals surface area contributed by atoms with Gasteiger partial charge in [-0.25, -0.2) is 13.1 Å². The molecule has 0 bridgehead atoms. The first kappa shape index (κ1) is 18.6. The fourth-order valence-electron chi connectivity index (χ4n) is 3.54. The van der Waals surface area contributed by atoms with E-state index in [9.17, 15) is 8.42 Å². The molecular formula is C20H22N4O3S. The van der Waals surface area contributed by atoms with Crippen molar-refractivity contribution in [1.29, 1.82) is 0 Å². The van der Waals surface area contributed by atoms with E-state index in [1.807, 2.05) is 34.9 Å². The second kappa shape index (κ2) is 8.12. The molecule has 28 heavy (non-hydrogen) atoms. The molecule has 4 rings (SSSR count). The summed E-state index contributed by atoms with van der Waals surface area (Å²) >= 11 is 0. The van der Waals surface area contributed by atoms with Crippen molar-refractivity contribution in [3.63, 3.8) is 0 Å². The van der Waals surface area contributed by atoms with Crippen LogP contribution >= 0.6 is 0 Å². The number of sulfonamides is 1. The molecule has 1 aliphatic carbocycles. The first-order chi connectivity index (χ1) is 13.6. The van der Waals surface area contributed by atoms with Crippen LogP contribution in [0, 0.1) is 0 Å². The average molecular weight is 398 g/mol. The van der Waals surface area contributed by atoms with E-state index in [4.69, 9.17) is 4.74 Å². The number of nitrogens with zero attached hydrogens (tertiary/aromatic N) is 3. The van der Waals surface area contributed by atoms with Crippen molar-refractivity contribution >= 4 is 10.0 Å². The molecule has 3 aromatic rings. The molecule has 1 fully saturated rings. The Morgan fingerprint density at radius 2 is 1.61 bits per heavy atom. The predicted octanol–water partition coefficient (Wildman–Crippen LogP) is 3.53. The lowest BCUT2D eigenvalue weighted by atomic mass is 9.91. The third kappa shape index (κ3) is 4.40. The fourth-order valence-corrected chi connectivity index (χ4v) is 4.82. The van der Waals surface area contributed by atoms with Gasteiger partial charge in [0, 0.05) is 12.1 Å². The number of ether oxygens (including phenoxy) is 1. The zero-order valence-corrected chi connectivity index (χ0v) is 16.1. The molecule has 2 aromatic carbocycles. The van der Waals surface area contributed by atoms with E-state index in [0.29, 0.717) is 11.5 Å². The summed E-state index contributed by atoms with van der Waals surface area (Å²) in [6, 6.07) is 16.0. The van der Waals surface area contributed by atoms with Crippen LogP contribution in [-0.2, 0) is 10.0 Å². The molecule has 0 saturated heterocycles. The van der Waals surface area contributed by atoms with Gasteiger partial charge in [0.15, 0.2) is 0 Å². The summed E-state index contributed by atoms with van der Waals surface area (Å²) in [5.74, 6) is 1.30. The number of hydrogen-bond acceptors (Lipinski definition) is 5. The van der Waals surface area contributed by atoms with Gasteiger partial charge in [-0.15, -0.1) is 10.2 Å². The van der Waals surface area contributed by atoms with Gasteiger partial charge in [0.25, 0.3) is 0 Å². The van der Waals surface area contributed by atoms with Gasteiger partial charge in [-0.05, 0) is 62.1 Å². The largest absolute Gasteiger partial charge is 0.457 e. The Balaban J connectivity index is 1.41. The zero-order chi connectivity index (χ0) is 19.4. The molecule has 0 spiro atoms. The Morgan fingerprint density at radius 1 is 0.929 bits per heavy atom. The molecule has 1 aromatic heterocycles. The summed E-state index contributed by atoms with van der Waals surface area (Å²) in [5.41, 5.74) is 0. The lowest BCUT2D eigenvalue weighted by molar-refractivity contribution is 0.305. The van der Waals surface area contributed by atoms with E-state index >= 15 is 0 Å². The summed E-state index contributed by atoms with van der Waals surface area (Å²) < 4.78 is 36.1. The Bertz CT molecular complexity index is 990. The molecule has 1 heterocycles. The van der Waals surface area contributed by atoms with Gasteiger partial charge in [-0.1, -0.05) is 18.2 Å². The van der Waals surface area contributed by atoms with Crippen LogP contribution in [0.2, 0.25) is 0 Å². The molecule has 1 N–H and O–H groups in total. The molecule has 1 aliphatic rings. The Kier molecular flexibility index (Phi) is 5.40. The lowest BCUT2D eigenvalue weighted by Gasteiger charge is -2.30. The summed E-state index contributed by atoms with van der Waals surface area (Å²) in [5, 5.41) is 7.69. The first-order valence-corrected chi connectivity index (χ1v) is 10.8. The third-order valence-corrected chi connectivity index (χ3v) is 6.48. The van der Waals surface area contributed by atoms with Gasteiger partial charge in [0.1, 0.15) is 24.2 Å². The van der Waals surface area contributed by atoms with Gasteiger partial charge >= 0.3 is 0 Å². The van der Waals surface area contributed by atoms with Gasteiger partial charge < -0.3 is 9.30 Å². The van der Waals surface area contributed by atoms with Crippen LogP contribution in [0.3, 0.4) is 0 Å². The molecule has 2 atom stereocenters. The van der Waals surface area contributed by atoms with E-state index in [0.717, 1.165) is 25.7 Å². The van der Waals surface area contributed by atoms with Crippen LogP contribution in [0.15, 0.2) is 72.1 Å². The second-order valence-corrected chi connectivity index (χ2v) is 8.65. The normalized spacial score (nSPS) is 20.0. The van der Waals surface area contributed by atoms with Gasteiger partial charge in [0.05, 0.1) is 4.90 Å². The molecular weight excluding hydrogens is 376 g/mol. The highest BCUT2D eigenvalue weighted by atomic mass is 32.2. The molecule has 8 heteroatoms. The number of nitrogens with one attached hydrogen (secondary N) is 1. The van der Waals surface area contributed by atoms with Crippen molar-refractivity contribution < 1.29 is 13.2 Å². The Labute approximate surface area is 164 Å². The summed E-state index contributed by atoms with van der Waals surface area (Å²) in [6.45, 7) is 0.